The van der Waals surface area contributed by atoms with Crippen molar-refractivity contribution in [1.82, 2.24) is 19.1 Å². The quantitative estimate of drug-likeness (QED) is 0.451. The fourth-order valence-corrected chi connectivity index (χ4v) is 2.71. The first-order valence-corrected chi connectivity index (χ1v) is 8.80. The van der Waals surface area contributed by atoms with Gasteiger partial charge in [-0.15, -0.1) is 0 Å². The van der Waals surface area contributed by atoms with Gasteiger partial charge in [0.25, 0.3) is 5.56 Å². The van der Waals surface area contributed by atoms with Gasteiger partial charge < -0.3 is 9.67 Å². The van der Waals surface area contributed by atoms with Gasteiger partial charge in [-0.1, -0.05) is 12.1 Å². The highest BCUT2D eigenvalue weighted by Crippen LogP contribution is 2.10. The zero-order valence-electron chi connectivity index (χ0n) is 15.1. The summed E-state index contributed by atoms with van der Waals surface area (Å²) in [6, 6.07) is 5.86. The Kier molecular flexibility index (Phi) is 6.15. The zero-order valence-corrected chi connectivity index (χ0v) is 15.1. The molecule has 0 bridgehead atoms. The second-order valence-corrected chi connectivity index (χ2v) is 6.21. The van der Waals surface area contributed by atoms with Crippen LogP contribution in [0.15, 0.2) is 57.6 Å². The van der Waals surface area contributed by atoms with Gasteiger partial charge in [0.1, 0.15) is 11.4 Å². The molecule has 0 saturated heterocycles. The second-order valence-electron chi connectivity index (χ2n) is 6.21. The van der Waals surface area contributed by atoms with Gasteiger partial charge in [-0.2, -0.15) is 0 Å². The number of rotatable bonds is 8. The van der Waals surface area contributed by atoms with Crippen molar-refractivity contribution in [2.24, 2.45) is 4.99 Å². The number of aliphatic imine (C=N–C) groups is 1. The van der Waals surface area contributed by atoms with Crippen LogP contribution >= 0.6 is 0 Å². The summed E-state index contributed by atoms with van der Waals surface area (Å²) < 4.78 is 16.0. The van der Waals surface area contributed by atoms with E-state index < -0.39 is 17.1 Å². The molecule has 3 rings (SSSR count). The van der Waals surface area contributed by atoms with Crippen molar-refractivity contribution in [3.05, 3.63) is 80.8 Å². The van der Waals surface area contributed by atoms with E-state index >= 15 is 0 Å². The molecule has 3 aromatic rings. The minimum Gasteiger partial charge on any atom is -0.494 e. The molecule has 0 fully saturated rings. The highest BCUT2D eigenvalue weighted by molar-refractivity contribution is 5.81. The predicted molar refractivity (Wildman–Crippen MR) is 102 cm³/mol. The van der Waals surface area contributed by atoms with Crippen LogP contribution < -0.4 is 11.2 Å². The van der Waals surface area contributed by atoms with Crippen LogP contribution in [0.25, 0.3) is 0 Å². The first kappa shape index (κ1) is 19.3. The molecule has 8 nitrogen and oxygen atoms in total. The Morgan fingerprint density at radius 1 is 1.21 bits per heavy atom. The molecule has 1 aromatic carbocycles. The van der Waals surface area contributed by atoms with Crippen molar-refractivity contribution in [1.29, 1.82) is 0 Å². The summed E-state index contributed by atoms with van der Waals surface area (Å²) in [4.78, 5) is 34.3. The number of nitrogens with one attached hydrogen (secondary N) is 1. The third-order valence-corrected chi connectivity index (χ3v) is 4.23. The highest BCUT2D eigenvalue weighted by Gasteiger charge is 2.12. The third kappa shape index (κ3) is 4.81. The number of aryl methyl sites for hydroxylation is 2. The van der Waals surface area contributed by atoms with E-state index in [9.17, 15) is 19.1 Å². The van der Waals surface area contributed by atoms with Crippen molar-refractivity contribution in [2.75, 3.05) is 6.54 Å². The fourth-order valence-electron chi connectivity index (χ4n) is 2.71. The third-order valence-electron chi connectivity index (χ3n) is 4.23. The molecule has 0 unspecified atom stereocenters. The molecule has 0 aliphatic carbocycles. The van der Waals surface area contributed by atoms with Gasteiger partial charge >= 0.3 is 5.69 Å². The van der Waals surface area contributed by atoms with E-state index in [-0.39, 0.29) is 17.9 Å². The van der Waals surface area contributed by atoms with Gasteiger partial charge in [0, 0.05) is 38.2 Å². The van der Waals surface area contributed by atoms with Crippen LogP contribution in [-0.2, 0) is 19.5 Å². The van der Waals surface area contributed by atoms with E-state index in [0.29, 0.717) is 13.0 Å². The van der Waals surface area contributed by atoms with E-state index in [1.165, 1.54) is 18.3 Å². The summed E-state index contributed by atoms with van der Waals surface area (Å²) >= 11 is 0. The molecule has 146 valence electrons. The normalized spacial score (nSPS) is 11.3. The van der Waals surface area contributed by atoms with Crippen LogP contribution in [0.1, 0.15) is 17.5 Å². The number of imidazole rings is 1. The number of aromatic hydroxyl groups is 1. The SMILES string of the molecule is O=c1[nH]c(=O)n(CCc2ccc(F)cc2)c(O)c1C=NCCCn1ccnc1. The predicted octanol–water partition coefficient (Wildman–Crippen LogP) is 1.33. The molecule has 0 aliphatic heterocycles. The van der Waals surface area contributed by atoms with Crippen LogP contribution in [0.3, 0.4) is 0 Å². The van der Waals surface area contributed by atoms with E-state index in [1.54, 1.807) is 24.7 Å². The number of hydrogen-bond acceptors (Lipinski definition) is 5. The zero-order chi connectivity index (χ0) is 19.9. The Bertz CT molecular complexity index is 1050. The van der Waals surface area contributed by atoms with Crippen LogP contribution in [0, 0.1) is 5.82 Å². The largest absolute Gasteiger partial charge is 0.494 e. The lowest BCUT2D eigenvalue weighted by atomic mass is 10.1. The first-order chi connectivity index (χ1) is 13.5. The molecule has 9 heteroatoms. The van der Waals surface area contributed by atoms with E-state index in [1.807, 2.05) is 10.8 Å². The van der Waals surface area contributed by atoms with Gasteiger partial charge in [0.05, 0.1) is 6.33 Å². The number of halogens is 1. The van der Waals surface area contributed by atoms with Crippen molar-refractivity contribution in [3.63, 3.8) is 0 Å². The summed E-state index contributed by atoms with van der Waals surface area (Å²) in [5.74, 6) is -0.784. The summed E-state index contributed by atoms with van der Waals surface area (Å²) in [5, 5.41) is 10.4. The first-order valence-electron chi connectivity index (χ1n) is 8.80. The smallest absolute Gasteiger partial charge is 0.331 e. The van der Waals surface area contributed by atoms with Crippen molar-refractivity contribution < 1.29 is 9.50 Å². The molecular formula is C19H20FN5O3. The number of aromatic nitrogens is 4. The number of benzene rings is 1. The molecule has 0 saturated carbocycles. The summed E-state index contributed by atoms with van der Waals surface area (Å²) in [7, 11) is 0. The molecule has 2 aromatic heterocycles. The minimum absolute atomic E-state index is 0.0682. The topological polar surface area (TPSA) is 105 Å². The standard InChI is InChI=1S/C19H20FN5O3/c20-15-4-2-14(3-5-15)6-10-25-18(27)16(17(26)23-19(25)28)12-21-7-1-9-24-11-8-22-13-24/h2-5,8,11-13,27H,1,6-7,9-10H2,(H,23,26,28). The molecule has 0 spiro atoms. The molecule has 0 amide bonds. The number of nitrogens with zero attached hydrogens (tertiary/aromatic N) is 4. The minimum atomic E-state index is -0.707. The molecular weight excluding hydrogens is 365 g/mol. The number of H-pyrrole nitrogens is 1. The van der Waals surface area contributed by atoms with Gasteiger partial charge in [-0.25, -0.2) is 14.2 Å². The molecule has 0 atom stereocenters. The van der Waals surface area contributed by atoms with Crippen LogP contribution in [0.2, 0.25) is 0 Å². The number of hydrogen-bond donors (Lipinski definition) is 2. The Morgan fingerprint density at radius 3 is 2.71 bits per heavy atom. The van der Waals surface area contributed by atoms with Crippen LogP contribution in [0.5, 0.6) is 5.88 Å². The molecule has 0 radical (unpaired) electrons. The van der Waals surface area contributed by atoms with Crippen LogP contribution in [0.4, 0.5) is 4.39 Å². The van der Waals surface area contributed by atoms with E-state index in [4.69, 9.17) is 0 Å². The van der Waals surface area contributed by atoms with E-state index in [2.05, 4.69) is 15.0 Å². The summed E-state index contributed by atoms with van der Waals surface area (Å²) in [5.41, 5.74) is -0.671. The fraction of sp³-hybridized carbons (Fsp3) is 0.263. The Balaban J connectivity index is 1.68. The Morgan fingerprint density at radius 2 is 2.00 bits per heavy atom. The van der Waals surface area contributed by atoms with Crippen molar-refractivity contribution in [3.8, 4) is 5.88 Å². The summed E-state index contributed by atoms with van der Waals surface area (Å²) in [6.45, 7) is 1.32. The maximum atomic E-state index is 13.0. The molecule has 28 heavy (non-hydrogen) atoms. The van der Waals surface area contributed by atoms with Gasteiger partial charge in [0.15, 0.2) is 0 Å². The number of aromatic amines is 1. The van der Waals surface area contributed by atoms with Crippen LogP contribution in [-0.4, -0.2) is 37.0 Å². The van der Waals surface area contributed by atoms with Gasteiger partial charge in [-0.3, -0.25) is 19.3 Å². The maximum absolute atomic E-state index is 13.0. The lowest BCUT2D eigenvalue weighted by Crippen LogP contribution is -2.32. The highest BCUT2D eigenvalue weighted by atomic mass is 19.1. The Hall–Kier alpha value is -3.49. The van der Waals surface area contributed by atoms with Gasteiger partial charge in [-0.05, 0) is 30.5 Å². The molecule has 2 heterocycles. The lowest BCUT2D eigenvalue weighted by Gasteiger charge is -2.09. The van der Waals surface area contributed by atoms with Gasteiger partial charge in [0.2, 0.25) is 5.88 Å². The second kappa shape index (κ2) is 8.94. The monoisotopic (exact) mass is 385 g/mol. The molecule has 2 N–H and O–H groups in total. The van der Waals surface area contributed by atoms with Crippen molar-refractivity contribution >= 4 is 6.21 Å². The molecule has 0 aliphatic rings. The maximum Gasteiger partial charge on any atom is 0.331 e. The average Bonchev–Trinajstić information content (AvgIpc) is 3.18. The average molecular weight is 385 g/mol. The van der Waals surface area contributed by atoms with Crippen molar-refractivity contribution in [2.45, 2.75) is 25.9 Å². The van der Waals surface area contributed by atoms with E-state index in [0.717, 1.165) is 23.1 Å². The lowest BCUT2D eigenvalue weighted by molar-refractivity contribution is 0.399. The Labute approximate surface area is 159 Å². The summed E-state index contributed by atoms with van der Waals surface area (Å²) in [6.07, 6.45) is 7.64.